The van der Waals surface area contributed by atoms with Crippen molar-refractivity contribution in [3.63, 3.8) is 0 Å². The number of nitrogens with zero attached hydrogens (tertiary/aromatic N) is 2. The largest absolute Gasteiger partial charge is 0.452 e. The van der Waals surface area contributed by atoms with Crippen molar-refractivity contribution >= 4 is 29.3 Å². The maximum absolute atomic E-state index is 12.4. The van der Waals surface area contributed by atoms with E-state index in [0.29, 0.717) is 4.90 Å². The zero-order valence-corrected chi connectivity index (χ0v) is 15.4. The molecule has 1 fully saturated rings. The van der Waals surface area contributed by atoms with Crippen LogP contribution in [0.4, 0.5) is 5.69 Å². The molecule has 8 heteroatoms. The molecule has 2 atom stereocenters. The normalized spacial score (nSPS) is 20.2. The van der Waals surface area contributed by atoms with E-state index in [9.17, 15) is 19.7 Å². The second-order valence-electron chi connectivity index (χ2n) is 6.15. The van der Waals surface area contributed by atoms with E-state index in [4.69, 9.17) is 4.74 Å². The van der Waals surface area contributed by atoms with Crippen LogP contribution in [0.25, 0.3) is 0 Å². The first-order valence-corrected chi connectivity index (χ1v) is 9.38. The predicted molar refractivity (Wildman–Crippen MR) is 94.8 cm³/mol. The smallest absolute Gasteiger partial charge is 0.345 e. The average molecular weight is 366 g/mol. The molecule has 25 heavy (non-hydrogen) atoms. The molecule has 1 aromatic rings. The van der Waals surface area contributed by atoms with Gasteiger partial charge in [-0.3, -0.25) is 14.9 Å². The number of rotatable bonds is 5. The second kappa shape index (κ2) is 8.33. The van der Waals surface area contributed by atoms with E-state index in [-0.39, 0.29) is 29.2 Å². The van der Waals surface area contributed by atoms with Crippen LogP contribution in [0.5, 0.6) is 0 Å². The summed E-state index contributed by atoms with van der Waals surface area (Å²) in [7, 11) is 0. The van der Waals surface area contributed by atoms with Crippen LogP contribution in [-0.4, -0.2) is 46.6 Å². The lowest BCUT2D eigenvalue weighted by Crippen LogP contribution is -2.49. The van der Waals surface area contributed by atoms with Crippen LogP contribution in [-0.2, 0) is 9.53 Å². The van der Waals surface area contributed by atoms with E-state index in [0.717, 1.165) is 19.3 Å². The number of benzene rings is 1. The summed E-state index contributed by atoms with van der Waals surface area (Å²) in [5, 5.41) is 11.1. The molecule has 0 aromatic heterocycles. The maximum atomic E-state index is 12.4. The van der Waals surface area contributed by atoms with Crippen LogP contribution in [0, 0.1) is 10.1 Å². The van der Waals surface area contributed by atoms with Crippen molar-refractivity contribution in [2.75, 3.05) is 12.9 Å². The van der Waals surface area contributed by atoms with Crippen LogP contribution < -0.4 is 0 Å². The SMILES string of the molecule is CSc1ccc([N+](=O)[O-])c(C(=O)OCC(=O)N2C(C)CCCC2C)c1. The molecule has 2 rings (SSSR count). The topological polar surface area (TPSA) is 89.7 Å². The van der Waals surface area contributed by atoms with E-state index in [1.807, 2.05) is 13.8 Å². The third kappa shape index (κ3) is 4.50. The van der Waals surface area contributed by atoms with E-state index in [1.54, 1.807) is 17.2 Å². The molecule has 1 aromatic carbocycles. The number of esters is 1. The van der Waals surface area contributed by atoms with Gasteiger partial charge in [-0.2, -0.15) is 0 Å². The maximum Gasteiger partial charge on any atom is 0.345 e. The first-order chi connectivity index (χ1) is 11.8. The molecular weight excluding hydrogens is 344 g/mol. The number of thioether (sulfide) groups is 1. The molecular formula is C17H22N2O5S. The number of carbonyl (C=O) groups excluding carboxylic acids is 2. The van der Waals surface area contributed by atoms with Crippen LogP contribution in [0.3, 0.4) is 0 Å². The van der Waals surface area contributed by atoms with Gasteiger partial charge in [0.05, 0.1) is 4.92 Å². The van der Waals surface area contributed by atoms with Crippen molar-refractivity contribution < 1.29 is 19.2 Å². The molecule has 0 N–H and O–H groups in total. The number of ether oxygens (including phenoxy) is 1. The Morgan fingerprint density at radius 1 is 1.32 bits per heavy atom. The van der Waals surface area contributed by atoms with Crippen molar-refractivity contribution in [2.24, 2.45) is 0 Å². The number of hydrogen-bond acceptors (Lipinski definition) is 6. The van der Waals surface area contributed by atoms with Gasteiger partial charge >= 0.3 is 5.97 Å². The molecule has 136 valence electrons. The highest BCUT2D eigenvalue weighted by atomic mass is 32.2. The summed E-state index contributed by atoms with van der Waals surface area (Å²) >= 11 is 1.36. The molecule has 1 saturated heterocycles. The third-order valence-corrected chi connectivity index (χ3v) is 5.15. The fourth-order valence-corrected chi connectivity index (χ4v) is 3.60. The zero-order valence-electron chi connectivity index (χ0n) is 14.6. The van der Waals surface area contributed by atoms with Crippen molar-refractivity contribution in [2.45, 2.75) is 50.1 Å². The standard InChI is InChI=1S/C17H22N2O5S/c1-11-5-4-6-12(2)18(11)16(20)10-24-17(21)14-9-13(25-3)7-8-15(14)19(22)23/h7-9,11-12H,4-6,10H2,1-3H3. The second-order valence-corrected chi connectivity index (χ2v) is 7.03. The number of likely N-dealkylation sites (tertiary alicyclic amines) is 1. The molecule has 7 nitrogen and oxygen atoms in total. The van der Waals surface area contributed by atoms with Gasteiger partial charge in [-0.1, -0.05) is 0 Å². The molecule has 0 spiro atoms. The minimum Gasteiger partial charge on any atom is -0.452 e. The Hall–Kier alpha value is -2.09. The molecule has 1 amide bonds. The Morgan fingerprint density at radius 3 is 2.52 bits per heavy atom. The van der Waals surface area contributed by atoms with Gasteiger partial charge in [-0.25, -0.2) is 4.79 Å². The summed E-state index contributed by atoms with van der Waals surface area (Å²) < 4.78 is 5.09. The molecule has 1 heterocycles. The molecule has 1 aliphatic heterocycles. The van der Waals surface area contributed by atoms with Crippen molar-refractivity contribution in [3.8, 4) is 0 Å². The van der Waals surface area contributed by atoms with Crippen LogP contribution >= 0.6 is 11.8 Å². The molecule has 0 saturated carbocycles. The fourth-order valence-electron chi connectivity index (χ4n) is 3.16. The van der Waals surface area contributed by atoms with Gasteiger partial charge in [0, 0.05) is 23.0 Å². The average Bonchev–Trinajstić information content (AvgIpc) is 2.58. The Labute approximate surface area is 150 Å². The van der Waals surface area contributed by atoms with E-state index >= 15 is 0 Å². The number of piperidine rings is 1. The fraction of sp³-hybridized carbons (Fsp3) is 0.529. The highest BCUT2D eigenvalue weighted by molar-refractivity contribution is 7.98. The minimum absolute atomic E-state index is 0.101. The van der Waals surface area contributed by atoms with E-state index in [1.165, 1.54) is 23.9 Å². The number of nitro benzene ring substituents is 1. The third-order valence-electron chi connectivity index (χ3n) is 4.43. The summed E-state index contributed by atoms with van der Waals surface area (Å²) in [5.74, 6) is -1.12. The monoisotopic (exact) mass is 366 g/mol. The van der Waals surface area contributed by atoms with Gasteiger partial charge in [0.1, 0.15) is 5.56 Å². The lowest BCUT2D eigenvalue weighted by molar-refractivity contribution is -0.385. The Bertz CT molecular complexity index is 669. The van der Waals surface area contributed by atoms with Gasteiger partial charge in [0.15, 0.2) is 6.61 Å². The first-order valence-electron chi connectivity index (χ1n) is 8.15. The number of hydrogen-bond donors (Lipinski definition) is 0. The van der Waals surface area contributed by atoms with Gasteiger partial charge in [0.25, 0.3) is 11.6 Å². The number of nitro groups is 1. The summed E-state index contributed by atoms with van der Waals surface area (Å²) in [4.78, 5) is 37.6. The van der Waals surface area contributed by atoms with E-state index < -0.39 is 17.5 Å². The zero-order chi connectivity index (χ0) is 18.6. The molecule has 0 aliphatic carbocycles. The quantitative estimate of drug-likeness (QED) is 0.344. The van der Waals surface area contributed by atoms with Crippen molar-refractivity contribution in [1.29, 1.82) is 0 Å². The first kappa shape index (κ1) is 19.2. The Balaban J connectivity index is 2.09. The summed E-state index contributed by atoms with van der Waals surface area (Å²) in [5.41, 5.74) is -0.459. The minimum atomic E-state index is -0.853. The molecule has 0 radical (unpaired) electrons. The van der Waals surface area contributed by atoms with Crippen LogP contribution in [0.2, 0.25) is 0 Å². The summed E-state index contributed by atoms with van der Waals surface area (Å²) in [6, 6.07) is 4.47. The van der Waals surface area contributed by atoms with Crippen LogP contribution in [0.1, 0.15) is 43.5 Å². The summed E-state index contributed by atoms with van der Waals surface area (Å²) in [6.45, 7) is 3.54. The predicted octanol–water partition coefficient (Wildman–Crippen LogP) is 3.26. The lowest BCUT2D eigenvalue weighted by atomic mass is 9.97. The Kier molecular flexibility index (Phi) is 6.41. The molecule has 2 unspecified atom stereocenters. The number of amides is 1. The Morgan fingerprint density at radius 2 is 1.96 bits per heavy atom. The van der Waals surface area contributed by atoms with Crippen molar-refractivity contribution in [3.05, 3.63) is 33.9 Å². The highest BCUT2D eigenvalue weighted by Gasteiger charge is 2.30. The van der Waals surface area contributed by atoms with Crippen LogP contribution in [0.15, 0.2) is 23.1 Å². The van der Waals surface area contributed by atoms with Gasteiger partial charge in [-0.05, 0) is 51.5 Å². The summed E-state index contributed by atoms with van der Waals surface area (Å²) in [6.07, 6.45) is 4.72. The molecule has 0 bridgehead atoms. The number of carbonyl (C=O) groups is 2. The van der Waals surface area contributed by atoms with E-state index in [2.05, 4.69) is 0 Å². The lowest BCUT2D eigenvalue weighted by Gasteiger charge is -2.38. The van der Waals surface area contributed by atoms with Gasteiger partial charge < -0.3 is 9.64 Å². The highest BCUT2D eigenvalue weighted by Crippen LogP contribution is 2.26. The van der Waals surface area contributed by atoms with Gasteiger partial charge in [-0.15, -0.1) is 11.8 Å². The molecule has 1 aliphatic rings. The van der Waals surface area contributed by atoms with Gasteiger partial charge in [0.2, 0.25) is 0 Å². The van der Waals surface area contributed by atoms with Crippen molar-refractivity contribution in [1.82, 2.24) is 4.90 Å².